The fourth-order valence-corrected chi connectivity index (χ4v) is 3.46. The first-order valence-corrected chi connectivity index (χ1v) is 8.01. The predicted molar refractivity (Wildman–Crippen MR) is 75.7 cm³/mol. The molecule has 2 aliphatic carbocycles. The number of nitrogens with two attached hydrogens (primary N) is 1. The van der Waals surface area contributed by atoms with Gasteiger partial charge in [-0.15, -0.1) is 0 Å². The van der Waals surface area contributed by atoms with E-state index in [9.17, 15) is 4.79 Å². The molecule has 1 amide bonds. The zero-order valence-electron chi connectivity index (χ0n) is 11.9. The largest absolute Gasteiger partial charge is 0.368 e. The van der Waals surface area contributed by atoms with Crippen LogP contribution in [0.3, 0.4) is 0 Å². The highest BCUT2D eigenvalue weighted by Gasteiger charge is 2.52. The summed E-state index contributed by atoms with van der Waals surface area (Å²) in [6.07, 6.45) is 9.95. The molecule has 0 spiro atoms. The van der Waals surface area contributed by atoms with Crippen LogP contribution in [0.5, 0.6) is 0 Å². The molecule has 4 heteroatoms. The summed E-state index contributed by atoms with van der Waals surface area (Å²) in [6, 6.07) is 0.542. The van der Waals surface area contributed by atoms with Crippen LogP contribution in [0.1, 0.15) is 51.4 Å². The minimum atomic E-state index is -0.439. The van der Waals surface area contributed by atoms with E-state index in [1.807, 2.05) is 0 Å². The minimum Gasteiger partial charge on any atom is -0.368 e. The third-order valence-electron chi connectivity index (χ3n) is 4.92. The van der Waals surface area contributed by atoms with Crippen LogP contribution in [0.2, 0.25) is 0 Å². The fourth-order valence-electron chi connectivity index (χ4n) is 3.46. The van der Waals surface area contributed by atoms with E-state index in [-0.39, 0.29) is 5.91 Å². The van der Waals surface area contributed by atoms with Crippen molar-refractivity contribution in [1.29, 1.82) is 0 Å². The normalized spacial score (nSPS) is 28.6. The van der Waals surface area contributed by atoms with E-state index >= 15 is 0 Å². The van der Waals surface area contributed by atoms with E-state index < -0.39 is 5.54 Å². The number of carbonyl (C=O) groups is 1. The number of likely N-dealkylation sites (tertiary alicyclic amines) is 1. The molecule has 3 N–H and O–H groups in total. The molecule has 4 nitrogen and oxygen atoms in total. The van der Waals surface area contributed by atoms with Crippen LogP contribution < -0.4 is 11.1 Å². The van der Waals surface area contributed by atoms with Gasteiger partial charge in [-0.25, -0.2) is 0 Å². The zero-order valence-corrected chi connectivity index (χ0v) is 11.9. The lowest BCUT2D eigenvalue weighted by molar-refractivity contribution is -0.126. The molecule has 3 fully saturated rings. The Labute approximate surface area is 116 Å². The summed E-state index contributed by atoms with van der Waals surface area (Å²) in [5.74, 6) is 0.361. The maximum absolute atomic E-state index is 12.2. The van der Waals surface area contributed by atoms with Crippen LogP contribution in [0.25, 0.3) is 0 Å². The third-order valence-corrected chi connectivity index (χ3v) is 4.92. The lowest BCUT2D eigenvalue weighted by atomic mass is 9.90. The number of nitrogens with one attached hydrogen (secondary N) is 1. The summed E-state index contributed by atoms with van der Waals surface area (Å²) in [7, 11) is 0. The van der Waals surface area contributed by atoms with Gasteiger partial charge in [-0.2, -0.15) is 0 Å². The van der Waals surface area contributed by atoms with Gasteiger partial charge in [0.15, 0.2) is 0 Å². The Bertz CT molecular complexity index is 330. The molecular formula is C15H27N3O. The molecule has 1 heterocycles. The highest BCUT2D eigenvalue weighted by molar-refractivity contribution is 5.86. The molecule has 1 aliphatic heterocycles. The lowest BCUT2D eigenvalue weighted by Gasteiger charge is -2.37. The summed E-state index contributed by atoms with van der Waals surface area (Å²) in [6.45, 7) is 3.10. The van der Waals surface area contributed by atoms with Gasteiger partial charge in [0.1, 0.15) is 5.54 Å². The van der Waals surface area contributed by atoms with Crippen molar-refractivity contribution in [2.45, 2.75) is 62.9 Å². The highest BCUT2D eigenvalue weighted by atomic mass is 16.1. The van der Waals surface area contributed by atoms with E-state index in [2.05, 4.69) is 10.2 Å². The van der Waals surface area contributed by atoms with Gasteiger partial charge >= 0.3 is 0 Å². The number of nitrogens with zero attached hydrogens (tertiary/aromatic N) is 1. The molecule has 1 unspecified atom stereocenters. The van der Waals surface area contributed by atoms with Crippen molar-refractivity contribution in [3.05, 3.63) is 0 Å². The topological polar surface area (TPSA) is 58.4 Å². The Morgan fingerprint density at radius 2 is 1.74 bits per heavy atom. The molecule has 0 aromatic rings. The molecule has 3 aliphatic rings. The molecule has 3 rings (SSSR count). The van der Waals surface area contributed by atoms with E-state index in [1.165, 1.54) is 38.5 Å². The fraction of sp³-hybridized carbons (Fsp3) is 0.933. The molecular weight excluding hydrogens is 238 g/mol. The maximum atomic E-state index is 12.2. The standard InChI is InChI=1S/C15H27N3O/c16-14(19)15(12-5-6-12,17-13-7-8-13)11-18-9-3-1-2-4-10-18/h12-13,17H,1-11H2,(H2,16,19). The van der Waals surface area contributed by atoms with Gasteiger partial charge in [0.05, 0.1) is 0 Å². The second kappa shape index (κ2) is 5.41. The van der Waals surface area contributed by atoms with Crippen LogP contribution in [-0.4, -0.2) is 42.0 Å². The molecule has 0 aromatic heterocycles. The van der Waals surface area contributed by atoms with E-state index in [1.54, 1.807) is 0 Å². The van der Waals surface area contributed by atoms with Crippen LogP contribution in [0.4, 0.5) is 0 Å². The first kappa shape index (κ1) is 13.4. The summed E-state index contributed by atoms with van der Waals surface area (Å²) < 4.78 is 0. The van der Waals surface area contributed by atoms with E-state index in [4.69, 9.17) is 5.73 Å². The number of hydrogen-bond donors (Lipinski definition) is 2. The van der Waals surface area contributed by atoms with E-state index in [0.717, 1.165) is 32.5 Å². The monoisotopic (exact) mass is 265 g/mol. The van der Waals surface area contributed by atoms with Crippen molar-refractivity contribution in [1.82, 2.24) is 10.2 Å². The molecule has 0 radical (unpaired) electrons. The molecule has 0 aromatic carbocycles. The average molecular weight is 265 g/mol. The van der Waals surface area contributed by atoms with Crippen LogP contribution >= 0.6 is 0 Å². The third kappa shape index (κ3) is 3.11. The second-order valence-corrected chi connectivity index (χ2v) is 6.72. The smallest absolute Gasteiger partial charge is 0.239 e. The molecule has 2 saturated carbocycles. The van der Waals surface area contributed by atoms with Gasteiger partial charge < -0.3 is 10.6 Å². The number of rotatable bonds is 6. The van der Waals surface area contributed by atoms with Crippen molar-refractivity contribution >= 4 is 5.91 Å². The first-order chi connectivity index (χ1) is 9.21. The van der Waals surface area contributed by atoms with Crippen molar-refractivity contribution in [2.24, 2.45) is 11.7 Å². The van der Waals surface area contributed by atoms with E-state index in [0.29, 0.717) is 12.0 Å². The Kier molecular flexibility index (Phi) is 3.81. The van der Waals surface area contributed by atoms with Gasteiger partial charge in [-0.1, -0.05) is 12.8 Å². The predicted octanol–water partition coefficient (Wildman–Crippen LogP) is 1.25. The quantitative estimate of drug-likeness (QED) is 0.760. The number of amides is 1. The van der Waals surface area contributed by atoms with Crippen molar-refractivity contribution in [2.75, 3.05) is 19.6 Å². The van der Waals surface area contributed by atoms with Crippen LogP contribution in [-0.2, 0) is 4.79 Å². The second-order valence-electron chi connectivity index (χ2n) is 6.72. The lowest BCUT2D eigenvalue weighted by Crippen LogP contribution is -2.64. The minimum absolute atomic E-state index is 0.119. The Morgan fingerprint density at radius 1 is 1.11 bits per heavy atom. The number of hydrogen-bond acceptors (Lipinski definition) is 3. The Hall–Kier alpha value is -0.610. The summed E-state index contributed by atoms with van der Waals surface area (Å²) in [5, 5.41) is 3.62. The van der Waals surface area contributed by atoms with Gasteiger partial charge in [-0.3, -0.25) is 10.1 Å². The highest BCUT2D eigenvalue weighted by Crippen LogP contribution is 2.42. The van der Waals surface area contributed by atoms with Gasteiger partial charge in [0.2, 0.25) is 5.91 Å². The molecule has 108 valence electrons. The van der Waals surface area contributed by atoms with Gasteiger partial charge in [-0.05, 0) is 57.5 Å². The van der Waals surface area contributed by atoms with Crippen LogP contribution in [0, 0.1) is 5.92 Å². The molecule has 0 bridgehead atoms. The molecule has 1 saturated heterocycles. The number of primary amides is 1. The van der Waals surface area contributed by atoms with Gasteiger partial charge in [0.25, 0.3) is 0 Å². The zero-order chi connectivity index (χ0) is 13.3. The Balaban J connectivity index is 1.71. The SMILES string of the molecule is NC(=O)C(CN1CCCCCC1)(NC1CC1)C1CC1. The number of carbonyl (C=O) groups excluding carboxylic acids is 1. The molecule has 19 heavy (non-hydrogen) atoms. The van der Waals surface area contributed by atoms with Crippen molar-refractivity contribution in [3.8, 4) is 0 Å². The summed E-state index contributed by atoms with van der Waals surface area (Å²) in [5.41, 5.74) is 5.38. The average Bonchev–Trinajstić information content (AvgIpc) is 3.23. The summed E-state index contributed by atoms with van der Waals surface area (Å²) >= 11 is 0. The van der Waals surface area contributed by atoms with Gasteiger partial charge in [0, 0.05) is 12.6 Å². The van der Waals surface area contributed by atoms with Crippen molar-refractivity contribution < 1.29 is 4.79 Å². The first-order valence-electron chi connectivity index (χ1n) is 8.01. The van der Waals surface area contributed by atoms with Crippen LogP contribution in [0.15, 0.2) is 0 Å². The summed E-state index contributed by atoms with van der Waals surface area (Å²) in [4.78, 5) is 14.6. The van der Waals surface area contributed by atoms with Crippen molar-refractivity contribution in [3.63, 3.8) is 0 Å². The Morgan fingerprint density at radius 3 is 2.21 bits per heavy atom. The molecule has 1 atom stereocenters. The maximum Gasteiger partial charge on any atom is 0.239 e.